The van der Waals surface area contributed by atoms with Gasteiger partial charge in [0.15, 0.2) is 0 Å². The van der Waals surface area contributed by atoms with Gasteiger partial charge in [0.25, 0.3) is 0 Å². The molecule has 3 rings (SSSR count). The zero-order chi connectivity index (χ0) is 17.5. The lowest BCUT2D eigenvalue weighted by Crippen LogP contribution is -2.31. The average Bonchev–Trinajstić information content (AvgIpc) is 2.64. The maximum atomic E-state index is 12.0. The van der Waals surface area contributed by atoms with E-state index in [9.17, 15) is 8.42 Å². The first-order valence-corrected chi connectivity index (χ1v) is 9.76. The summed E-state index contributed by atoms with van der Waals surface area (Å²) < 4.78 is 32.2. The molecule has 1 aromatic heterocycles. The maximum absolute atomic E-state index is 12.0. The third kappa shape index (κ3) is 5.27. The van der Waals surface area contributed by atoms with Gasteiger partial charge in [-0.2, -0.15) is 0 Å². The number of nitrogens with zero attached hydrogens (tertiary/aromatic N) is 1. The number of hydrogen-bond donors (Lipinski definition) is 1. The Balaban J connectivity index is 1.45. The van der Waals surface area contributed by atoms with E-state index in [4.69, 9.17) is 4.74 Å². The molecule has 0 saturated carbocycles. The molecule has 25 heavy (non-hydrogen) atoms. The molecule has 6 heteroatoms. The van der Waals surface area contributed by atoms with E-state index in [1.165, 1.54) is 0 Å². The van der Waals surface area contributed by atoms with E-state index in [1.807, 2.05) is 60.7 Å². The molecule has 0 saturated heterocycles. The largest absolute Gasteiger partial charge is 0.492 e. The van der Waals surface area contributed by atoms with Gasteiger partial charge in [0.05, 0.1) is 11.3 Å². The van der Waals surface area contributed by atoms with Gasteiger partial charge in [-0.3, -0.25) is 4.98 Å². The van der Waals surface area contributed by atoms with Gasteiger partial charge in [0.2, 0.25) is 10.0 Å². The Morgan fingerprint density at radius 2 is 1.84 bits per heavy atom. The fourth-order valence-corrected chi connectivity index (χ4v) is 3.52. The first kappa shape index (κ1) is 17.4. The molecule has 0 unspecified atom stereocenters. The molecule has 1 N–H and O–H groups in total. The van der Waals surface area contributed by atoms with Crippen molar-refractivity contribution in [2.24, 2.45) is 0 Å². The lowest BCUT2D eigenvalue weighted by molar-refractivity contribution is 0.323. The highest BCUT2D eigenvalue weighted by molar-refractivity contribution is 7.89. The first-order chi connectivity index (χ1) is 12.1. The van der Waals surface area contributed by atoms with Crippen LogP contribution >= 0.6 is 0 Å². The standard InChI is InChI=1S/C19H20N2O3S/c22-25(23,14-10-16-5-2-1-3-6-16)21-12-13-24-18-8-9-19-17(15-18)7-4-11-20-19/h1-9,11,15,21H,10,12-14H2. The van der Waals surface area contributed by atoms with Crippen LogP contribution in [0.25, 0.3) is 10.9 Å². The molecule has 0 bridgehead atoms. The van der Waals surface area contributed by atoms with Gasteiger partial charge < -0.3 is 4.74 Å². The van der Waals surface area contributed by atoms with Crippen LogP contribution in [-0.2, 0) is 16.4 Å². The van der Waals surface area contributed by atoms with Crippen molar-refractivity contribution in [1.29, 1.82) is 0 Å². The van der Waals surface area contributed by atoms with Gasteiger partial charge in [0, 0.05) is 18.1 Å². The lowest BCUT2D eigenvalue weighted by Gasteiger charge is -2.09. The summed E-state index contributed by atoms with van der Waals surface area (Å²) in [6.45, 7) is 0.512. The number of nitrogens with one attached hydrogen (secondary N) is 1. The quantitative estimate of drug-likeness (QED) is 0.630. The van der Waals surface area contributed by atoms with Crippen LogP contribution in [0.5, 0.6) is 5.75 Å². The topological polar surface area (TPSA) is 68.3 Å². The Morgan fingerprint density at radius 3 is 2.68 bits per heavy atom. The monoisotopic (exact) mass is 356 g/mol. The van der Waals surface area contributed by atoms with Crippen molar-refractivity contribution in [3.63, 3.8) is 0 Å². The fourth-order valence-electron chi connectivity index (χ4n) is 2.48. The highest BCUT2D eigenvalue weighted by atomic mass is 32.2. The van der Waals surface area contributed by atoms with E-state index in [2.05, 4.69) is 9.71 Å². The van der Waals surface area contributed by atoms with Crippen molar-refractivity contribution >= 4 is 20.9 Å². The zero-order valence-electron chi connectivity index (χ0n) is 13.8. The number of ether oxygens (including phenoxy) is 1. The highest BCUT2D eigenvalue weighted by Crippen LogP contribution is 2.18. The molecule has 0 amide bonds. The number of rotatable bonds is 8. The third-order valence-electron chi connectivity index (χ3n) is 3.77. The Bertz CT molecular complexity index is 928. The predicted molar refractivity (Wildman–Crippen MR) is 99.2 cm³/mol. The number of benzene rings is 2. The normalized spacial score (nSPS) is 11.5. The molecule has 0 aliphatic rings. The molecule has 130 valence electrons. The summed E-state index contributed by atoms with van der Waals surface area (Å²) in [5.41, 5.74) is 1.91. The number of pyridine rings is 1. The SMILES string of the molecule is O=S(=O)(CCc1ccccc1)NCCOc1ccc2ncccc2c1. The van der Waals surface area contributed by atoms with E-state index >= 15 is 0 Å². The molecule has 3 aromatic rings. The highest BCUT2D eigenvalue weighted by Gasteiger charge is 2.09. The average molecular weight is 356 g/mol. The second kappa shape index (κ2) is 8.09. The second-order valence-corrected chi connectivity index (χ2v) is 7.58. The van der Waals surface area contributed by atoms with Crippen molar-refractivity contribution in [2.45, 2.75) is 6.42 Å². The van der Waals surface area contributed by atoms with Crippen LogP contribution in [0.2, 0.25) is 0 Å². The zero-order valence-corrected chi connectivity index (χ0v) is 14.6. The maximum Gasteiger partial charge on any atom is 0.212 e. The van der Waals surface area contributed by atoms with Gasteiger partial charge in [-0.25, -0.2) is 13.1 Å². The Labute approximate surface area is 147 Å². The molecule has 5 nitrogen and oxygen atoms in total. The van der Waals surface area contributed by atoms with E-state index in [1.54, 1.807) is 6.20 Å². The molecule has 0 fully saturated rings. The van der Waals surface area contributed by atoms with E-state index in [0.717, 1.165) is 16.5 Å². The Kier molecular flexibility index (Phi) is 5.63. The van der Waals surface area contributed by atoms with Gasteiger partial charge in [-0.15, -0.1) is 0 Å². The summed E-state index contributed by atoms with van der Waals surface area (Å²) in [6.07, 6.45) is 2.24. The van der Waals surface area contributed by atoms with Crippen molar-refractivity contribution in [1.82, 2.24) is 9.71 Å². The smallest absolute Gasteiger partial charge is 0.212 e. The van der Waals surface area contributed by atoms with Gasteiger partial charge in [-0.1, -0.05) is 36.4 Å². The second-order valence-electron chi connectivity index (χ2n) is 5.66. The van der Waals surface area contributed by atoms with Crippen molar-refractivity contribution in [3.8, 4) is 5.75 Å². The van der Waals surface area contributed by atoms with Gasteiger partial charge in [-0.05, 0) is 36.2 Å². The minimum Gasteiger partial charge on any atom is -0.492 e. The number of aromatic nitrogens is 1. The summed E-state index contributed by atoms with van der Waals surface area (Å²) in [5.74, 6) is 0.766. The van der Waals surface area contributed by atoms with Crippen LogP contribution < -0.4 is 9.46 Å². The van der Waals surface area contributed by atoms with E-state index in [-0.39, 0.29) is 18.9 Å². The summed E-state index contributed by atoms with van der Waals surface area (Å²) in [7, 11) is -3.31. The molecule has 0 radical (unpaired) electrons. The van der Waals surface area contributed by atoms with Gasteiger partial charge >= 0.3 is 0 Å². The molecular weight excluding hydrogens is 336 g/mol. The summed E-state index contributed by atoms with van der Waals surface area (Å²) in [6, 6.07) is 19.0. The van der Waals surface area contributed by atoms with Crippen LogP contribution in [0.4, 0.5) is 0 Å². The number of hydrogen-bond acceptors (Lipinski definition) is 4. The first-order valence-electron chi connectivity index (χ1n) is 8.11. The summed E-state index contributed by atoms with van der Waals surface area (Å²) >= 11 is 0. The minimum atomic E-state index is -3.31. The van der Waals surface area contributed by atoms with Crippen LogP contribution in [0.15, 0.2) is 66.9 Å². The number of fused-ring (bicyclic) bond motifs is 1. The minimum absolute atomic E-state index is 0.0681. The summed E-state index contributed by atoms with van der Waals surface area (Å²) in [4.78, 5) is 4.25. The van der Waals surface area contributed by atoms with E-state index < -0.39 is 10.0 Å². The van der Waals surface area contributed by atoms with E-state index in [0.29, 0.717) is 12.2 Å². The molecule has 0 atom stereocenters. The molecule has 1 heterocycles. The van der Waals surface area contributed by atoms with Crippen LogP contribution in [0, 0.1) is 0 Å². The molecular formula is C19H20N2O3S. The van der Waals surface area contributed by atoms with Gasteiger partial charge in [0.1, 0.15) is 12.4 Å². The number of aryl methyl sites for hydroxylation is 1. The fraction of sp³-hybridized carbons (Fsp3) is 0.211. The van der Waals surface area contributed by atoms with Crippen molar-refractivity contribution < 1.29 is 13.2 Å². The van der Waals surface area contributed by atoms with Crippen molar-refractivity contribution in [3.05, 3.63) is 72.4 Å². The van der Waals surface area contributed by atoms with Crippen molar-refractivity contribution in [2.75, 3.05) is 18.9 Å². The molecule has 0 aliphatic carbocycles. The predicted octanol–water partition coefficient (Wildman–Crippen LogP) is 2.78. The molecule has 0 aliphatic heterocycles. The Morgan fingerprint density at radius 1 is 1.00 bits per heavy atom. The van der Waals surface area contributed by atoms with Crippen LogP contribution in [0.1, 0.15) is 5.56 Å². The van der Waals surface area contributed by atoms with Crippen LogP contribution in [-0.4, -0.2) is 32.3 Å². The van der Waals surface area contributed by atoms with Crippen LogP contribution in [0.3, 0.4) is 0 Å². The molecule has 2 aromatic carbocycles. The molecule has 0 spiro atoms. The summed E-state index contributed by atoms with van der Waals surface area (Å²) in [5, 5.41) is 0.989. The third-order valence-corrected chi connectivity index (χ3v) is 5.16. The Hall–Kier alpha value is -2.44. The lowest BCUT2D eigenvalue weighted by atomic mass is 10.2. The number of sulfonamides is 1.